The van der Waals surface area contributed by atoms with E-state index in [9.17, 15) is 0 Å². The molecule has 1 aromatic carbocycles. The molecule has 2 aromatic rings. The fourth-order valence-corrected chi connectivity index (χ4v) is 2.16. The van der Waals surface area contributed by atoms with E-state index in [0.29, 0.717) is 0 Å². The maximum Gasteiger partial charge on any atom is 0.0800 e. The molecule has 2 heteroatoms. The lowest BCUT2D eigenvalue weighted by atomic mass is 10.0. The summed E-state index contributed by atoms with van der Waals surface area (Å²) in [6, 6.07) is 13.2. The summed E-state index contributed by atoms with van der Waals surface area (Å²) in [7, 11) is 0. The molecule has 0 unspecified atom stereocenters. The van der Waals surface area contributed by atoms with Gasteiger partial charge in [-0.15, -0.1) is 0 Å². The van der Waals surface area contributed by atoms with Crippen LogP contribution in [-0.2, 0) is 0 Å². The van der Waals surface area contributed by atoms with E-state index in [0.717, 1.165) is 33.5 Å². The SMILES string of the molecule is S=C1CC=CC=C1c1[c]cc2ccccc2n1. The number of aromatic nitrogens is 1. The number of para-hydroxylation sites is 1. The highest BCUT2D eigenvalue weighted by Crippen LogP contribution is 2.22. The van der Waals surface area contributed by atoms with Crippen LogP contribution in [0.2, 0.25) is 0 Å². The molecule has 0 atom stereocenters. The maximum atomic E-state index is 5.35. The van der Waals surface area contributed by atoms with Gasteiger partial charge in [0.25, 0.3) is 0 Å². The highest BCUT2D eigenvalue weighted by Gasteiger charge is 2.10. The van der Waals surface area contributed by atoms with Crippen molar-refractivity contribution in [2.24, 2.45) is 0 Å². The van der Waals surface area contributed by atoms with Crippen molar-refractivity contribution >= 4 is 33.6 Å². The van der Waals surface area contributed by atoms with Crippen molar-refractivity contribution in [3.8, 4) is 0 Å². The molecule has 1 aliphatic carbocycles. The zero-order valence-electron chi connectivity index (χ0n) is 9.18. The van der Waals surface area contributed by atoms with Gasteiger partial charge >= 0.3 is 0 Å². The second-order valence-corrected chi connectivity index (χ2v) is 4.44. The van der Waals surface area contributed by atoms with Gasteiger partial charge in [0.05, 0.1) is 11.2 Å². The zero-order chi connectivity index (χ0) is 11.7. The average Bonchev–Trinajstić information content (AvgIpc) is 2.39. The third kappa shape index (κ3) is 1.92. The van der Waals surface area contributed by atoms with Gasteiger partial charge in [-0.2, -0.15) is 0 Å². The monoisotopic (exact) mass is 236 g/mol. The van der Waals surface area contributed by atoms with Gasteiger partial charge in [0, 0.05) is 28.3 Å². The van der Waals surface area contributed by atoms with E-state index in [1.165, 1.54) is 0 Å². The molecule has 1 aromatic heterocycles. The number of hydrogen-bond acceptors (Lipinski definition) is 2. The Morgan fingerprint density at radius 2 is 2.12 bits per heavy atom. The molecule has 0 fully saturated rings. The standard InChI is InChI=1S/C15H10NS/c17-15-8-4-2-6-12(15)14-10-9-11-5-1-3-7-13(11)16-14/h1-7,9H,8H2. The van der Waals surface area contributed by atoms with Crippen LogP contribution in [0.15, 0.2) is 48.6 Å². The Balaban J connectivity index is 2.15. The minimum absolute atomic E-state index is 0.823. The maximum absolute atomic E-state index is 5.35. The predicted molar refractivity (Wildman–Crippen MR) is 74.9 cm³/mol. The number of allylic oxidation sites excluding steroid dienone is 4. The minimum atomic E-state index is 0.823. The van der Waals surface area contributed by atoms with E-state index < -0.39 is 0 Å². The fraction of sp³-hybridized carbons (Fsp3) is 0.0667. The van der Waals surface area contributed by atoms with Crippen LogP contribution in [0.5, 0.6) is 0 Å². The van der Waals surface area contributed by atoms with Crippen molar-refractivity contribution < 1.29 is 0 Å². The van der Waals surface area contributed by atoms with Crippen molar-refractivity contribution in [1.29, 1.82) is 0 Å². The Kier molecular flexibility index (Phi) is 2.57. The lowest BCUT2D eigenvalue weighted by Gasteiger charge is -2.10. The average molecular weight is 236 g/mol. The number of fused-ring (bicyclic) bond motifs is 1. The van der Waals surface area contributed by atoms with Crippen molar-refractivity contribution in [3.05, 3.63) is 60.3 Å². The van der Waals surface area contributed by atoms with E-state index in [1.807, 2.05) is 42.5 Å². The minimum Gasteiger partial charge on any atom is -0.247 e. The molecule has 1 nitrogen and oxygen atoms in total. The Hall–Kier alpha value is -1.80. The number of nitrogens with zero attached hydrogens (tertiary/aromatic N) is 1. The van der Waals surface area contributed by atoms with Crippen LogP contribution in [0.1, 0.15) is 12.1 Å². The molecule has 81 valence electrons. The summed E-state index contributed by atoms with van der Waals surface area (Å²) in [5.74, 6) is 0. The molecule has 0 bridgehead atoms. The molecule has 0 amide bonds. The van der Waals surface area contributed by atoms with E-state index in [1.54, 1.807) is 0 Å². The summed E-state index contributed by atoms with van der Waals surface area (Å²) in [6.07, 6.45) is 6.92. The zero-order valence-corrected chi connectivity index (χ0v) is 10.00. The largest absolute Gasteiger partial charge is 0.247 e. The lowest BCUT2D eigenvalue weighted by Crippen LogP contribution is -2.02. The number of rotatable bonds is 1. The first-order valence-electron chi connectivity index (χ1n) is 5.52. The van der Waals surface area contributed by atoms with E-state index in [4.69, 9.17) is 12.2 Å². The Labute approximate surface area is 105 Å². The van der Waals surface area contributed by atoms with Gasteiger partial charge in [0.2, 0.25) is 0 Å². The summed E-state index contributed by atoms with van der Waals surface area (Å²) >= 11 is 5.35. The summed E-state index contributed by atoms with van der Waals surface area (Å²) in [5.41, 5.74) is 2.85. The van der Waals surface area contributed by atoms with Gasteiger partial charge < -0.3 is 0 Å². The van der Waals surface area contributed by atoms with Crippen LogP contribution in [0, 0.1) is 6.07 Å². The quantitative estimate of drug-likeness (QED) is 0.699. The van der Waals surface area contributed by atoms with Crippen molar-refractivity contribution in [2.45, 2.75) is 6.42 Å². The summed E-state index contributed by atoms with van der Waals surface area (Å²) in [6.45, 7) is 0. The van der Waals surface area contributed by atoms with E-state index in [-0.39, 0.29) is 0 Å². The van der Waals surface area contributed by atoms with Crippen LogP contribution in [0.3, 0.4) is 0 Å². The number of benzene rings is 1. The second-order valence-electron chi connectivity index (χ2n) is 3.94. The molecule has 1 heterocycles. The van der Waals surface area contributed by atoms with Gasteiger partial charge in [-0.25, -0.2) is 4.98 Å². The molecule has 0 saturated carbocycles. The molecule has 0 spiro atoms. The predicted octanol–water partition coefficient (Wildman–Crippen LogP) is 3.75. The van der Waals surface area contributed by atoms with Gasteiger partial charge in [-0.1, -0.05) is 48.6 Å². The Morgan fingerprint density at radius 3 is 3.00 bits per heavy atom. The molecule has 1 aliphatic rings. The first kappa shape index (κ1) is 10.4. The molecular weight excluding hydrogens is 226 g/mol. The number of thiocarbonyl (C=S) groups is 1. The van der Waals surface area contributed by atoms with Crippen molar-refractivity contribution in [2.75, 3.05) is 0 Å². The van der Waals surface area contributed by atoms with Crippen molar-refractivity contribution in [3.63, 3.8) is 0 Å². The molecule has 17 heavy (non-hydrogen) atoms. The van der Waals surface area contributed by atoms with Gasteiger partial charge in [-0.05, 0) is 12.1 Å². The summed E-state index contributed by atoms with van der Waals surface area (Å²) in [5, 5.41) is 1.11. The smallest absolute Gasteiger partial charge is 0.0800 e. The second kappa shape index (κ2) is 4.22. The highest BCUT2D eigenvalue weighted by atomic mass is 32.1. The third-order valence-electron chi connectivity index (χ3n) is 2.79. The van der Waals surface area contributed by atoms with E-state index >= 15 is 0 Å². The molecule has 0 saturated heterocycles. The third-order valence-corrected chi connectivity index (χ3v) is 3.18. The normalized spacial score (nSPS) is 15.1. The first-order valence-corrected chi connectivity index (χ1v) is 5.93. The van der Waals surface area contributed by atoms with Crippen molar-refractivity contribution in [1.82, 2.24) is 4.98 Å². The van der Waals surface area contributed by atoms with Crippen LogP contribution < -0.4 is 0 Å². The Morgan fingerprint density at radius 1 is 1.24 bits per heavy atom. The first-order chi connectivity index (χ1) is 8.34. The Bertz CT molecular complexity index is 653. The lowest BCUT2D eigenvalue weighted by molar-refractivity contribution is 1.34. The van der Waals surface area contributed by atoms with E-state index in [2.05, 4.69) is 17.1 Å². The molecular formula is C15H10NS. The molecule has 0 N–H and O–H groups in total. The van der Waals surface area contributed by atoms with Crippen LogP contribution in [0.4, 0.5) is 0 Å². The summed E-state index contributed by atoms with van der Waals surface area (Å²) < 4.78 is 0. The number of pyridine rings is 1. The molecule has 3 rings (SSSR count). The van der Waals surface area contributed by atoms with Crippen LogP contribution in [-0.4, -0.2) is 9.85 Å². The van der Waals surface area contributed by atoms with Gasteiger partial charge in [0.15, 0.2) is 0 Å². The van der Waals surface area contributed by atoms with Gasteiger partial charge in [-0.3, -0.25) is 0 Å². The fourth-order valence-electron chi connectivity index (χ4n) is 1.90. The van der Waals surface area contributed by atoms with Crippen LogP contribution in [0.25, 0.3) is 16.5 Å². The van der Waals surface area contributed by atoms with Crippen LogP contribution >= 0.6 is 12.2 Å². The van der Waals surface area contributed by atoms with Gasteiger partial charge in [0.1, 0.15) is 0 Å². The highest BCUT2D eigenvalue weighted by molar-refractivity contribution is 7.81. The molecule has 0 aliphatic heterocycles. The number of hydrogen-bond donors (Lipinski definition) is 0. The topological polar surface area (TPSA) is 12.9 Å². The summed E-state index contributed by atoms with van der Waals surface area (Å²) in [4.78, 5) is 5.54. The molecule has 1 radical (unpaired) electrons.